The Morgan fingerprint density at radius 3 is 2.23 bits per heavy atom. The fourth-order valence-corrected chi connectivity index (χ4v) is 3.33. The maximum atomic E-state index is 12.3. The molecule has 3 aromatic rings. The van der Waals surface area contributed by atoms with Gasteiger partial charge in [-0.25, -0.2) is 0 Å². The summed E-state index contributed by atoms with van der Waals surface area (Å²) in [6, 6.07) is 16.6. The molecule has 0 aliphatic heterocycles. The molecule has 110 valence electrons. The van der Waals surface area contributed by atoms with E-state index in [9.17, 15) is 9.59 Å². The van der Waals surface area contributed by atoms with Crippen LogP contribution in [0.25, 0.3) is 10.1 Å². The number of thiophene rings is 1. The van der Waals surface area contributed by atoms with Crippen LogP contribution in [0.2, 0.25) is 0 Å². The average molecular weight is 310 g/mol. The monoisotopic (exact) mass is 310 g/mol. The van der Waals surface area contributed by atoms with Crippen LogP contribution in [0.3, 0.4) is 0 Å². The molecule has 2 N–H and O–H groups in total. The highest BCUT2D eigenvalue weighted by Gasteiger charge is 2.15. The molecular weight excluding hydrogens is 296 g/mol. The molecule has 2 aromatic carbocycles. The standard InChI is InChI=1S/C17H14N2O2S/c1-11-13-9-5-6-10-14(13)22-15(11)17(21)19-18-16(20)12-7-3-2-4-8-12/h2-10H,1H3,(H,18,20)(H,19,21). The number of nitrogens with one attached hydrogen (secondary N) is 2. The van der Waals surface area contributed by atoms with E-state index in [2.05, 4.69) is 10.9 Å². The van der Waals surface area contributed by atoms with Crippen LogP contribution in [0.15, 0.2) is 54.6 Å². The van der Waals surface area contributed by atoms with Crippen LogP contribution in [0.4, 0.5) is 0 Å². The van der Waals surface area contributed by atoms with Gasteiger partial charge < -0.3 is 0 Å². The second-order valence-electron chi connectivity index (χ2n) is 4.83. The summed E-state index contributed by atoms with van der Waals surface area (Å²) in [6.07, 6.45) is 0. The number of fused-ring (bicyclic) bond motifs is 1. The fraction of sp³-hybridized carbons (Fsp3) is 0.0588. The van der Waals surface area contributed by atoms with Gasteiger partial charge in [0.15, 0.2) is 0 Å². The molecule has 3 rings (SSSR count). The number of hydrazine groups is 1. The first kappa shape index (κ1) is 14.3. The third-order valence-electron chi connectivity index (χ3n) is 3.38. The molecule has 0 saturated heterocycles. The highest BCUT2D eigenvalue weighted by Crippen LogP contribution is 2.30. The molecule has 0 spiro atoms. The summed E-state index contributed by atoms with van der Waals surface area (Å²) in [7, 11) is 0. The number of carbonyl (C=O) groups excluding carboxylic acids is 2. The predicted molar refractivity (Wildman–Crippen MR) is 87.9 cm³/mol. The van der Waals surface area contributed by atoms with Gasteiger partial charge in [-0.15, -0.1) is 11.3 Å². The van der Waals surface area contributed by atoms with E-state index in [0.717, 1.165) is 15.6 Å². The zero-order valence-electron chi connectivity index (χ0n) is 11.9. The number of aryl methyl sites for hydroxylation is 1. The molecule has 0 aliphatic rings. The average Bonchev–Trinajstić information content (AvgIpc) is 2.90. The first-order valence-electron chi connectivity index (χ1n) is 6.80. The number of hydrogen-bond donors (Lipinski definition) is 2. The highest BCUT2D eigenvalue weighted by molar-refractivity contribution is 7.21. The van der Waals surface area contributed by atoms with Gasteiger partial charge in [-0.3, -0.25) is 20.4 Å². The molecule has 0 aliphatic carbocycles. The van der Waals surface area contributed by atoms with Gasteiger partial charge in [-0.2, -0.15) is 0 Å². The quantitative estimate of drug-likeness (QED) is 0.714. The van der Waals surface area contributed by atoms with Crippen molar-refractivity contribution in [3.8, 4) is 0 Å². The molecule has 0 saturated carbocycles. The number of amides is 2. The van der Waals surface area contributed by atoms with E-state index in [1.165, 1.54) is 11.3 Å². The topological polar surface area (TPSA) is 58.2 Å². The van der Waals surface area contributed by atoms with E-state index < -0.39 is 0 Å². The fourth-order valence-electron chi connectivity index (χ4n) is 2.22. The van der Waals surface area contributed by atoms with Crippen LogP contribution in [0.1, 0.15) is 25.6 Å². The van der Waals surface area contributed by atoms with Crippen molar-refractivity contribution in [1.29, 1.82) is 0 Å². The molecule has 0 unspecified atom stereocenters. The Kier molecular flexibility index (Phi) is 3.89. The van der Waals surface area contributed by atoms with Crippen LogP contribution < -0.4 is 10.9 Å². The Morgan fingerprint density at radius 1 is 0.864 bits per heavy atom. The predicted octanol–water partition coefficient (Wildman–Crippen LogP) is 3.28. The van der Waals surface area contributed by atoms with Crippen LogP contribution in [0, 0.1) is 6.92 Å². The SMILES string of the molecule is Cc1c(C(=O)NNC(=O)c2ccccc2)sc2ccccc12. The first-order chi connectivity index (χ1) is 10.7. The minimum absolute atomic E-state index is 0.303. The van der Waals surface area contributed by atoms with E-state index in [4.69, 9.17) is 0 Å². The first-order valence-corrected chi connectivity index (χ1v) is 7.62. The Labute approximate surface area is 131 Å². The van der Waals surface area contributed by atoms with Gasteiger partial charge in [-0.05, 0) is 36.1 Å². The number of benzene rings is 2. The van der Waals surface area contributed by atoms with Crippen LogP contribution in [-0.4, -0.2) is 11.8 Å². The molecule has 1 heterocycles. The molecule has 4 nitrogen and oxygen atoms in total. The molecule has 2 amide bonds. The lowest BCUT2D eigenvalue weighted by atomic mass is 10.1. The summed E-state index contributed by atoms with van der Waals surface area (Å²) in [5.41, 5.74) is 6.33. The number of hydrogen-bond acceptors (Lipinski definition) is 3. The number of carbonyl (C=O) groups is 2. The lowest BCUT2D eigenvalue weighted by molar-refractivity contribution is 0.0848. The zero-order chi connectivity index (χ0) is 15.5. The summed E-state index contributed by atoms with van der Waals surface area (Å²) in [4.78, 5) is 24.8. The van der Waals surface area contributed by atoms with E-state index in [-0.39, 0.29) is 11.8 Å². The molecular formula is C17H14N2O2S. The molecule has 5 heteroatoms. The molecule has 0 atom stereocenters. The van der Waals surface area contributed by atoms with Gasteiger partial charge in [0, 0.05) is 10.3 Å². The summed E-state index contributed by atoms with van der Waals surface area (Å²) >= 11 is 1.42. The smallest absolute Gasteiger partial charge is 0.267 e. The Hall–Kier alpha value is -2.66. The van der Waals surface area contributed by atoms with Crippen molar-refractivity contribution in [3.63, 3.8) is 0 Å². The third-order valence-corrected chi connectivity index (χ3v) is 4.65. The van der Waals surface area contributed by atoms with Gasteiger partial charge >= 0.3 is 0 Å². The highest BCUT2D eigenvalue weighted by atomic mass is 32.1. The molecule has 0 bridgehead atoms. The van der Waals surface area contributed by atoms with Gasteiger partial charge in [0.1, 0.15) is 0 Å². The van der Waals surface area contributed by atoms with Crippen molar-refractivity contribution >= 4 is 33.2 Å². The van der Waals surface area contributed by atoms with Crippen molar-refractivity contribution < 1.29 is 9.59 Å². The van der Waals surface area contributed by atoms with Crippen molar-refractivity contribution in [3.05, 3.63) is 70.6 Å². The molecule has 0 fully saturated rings. The van der Waals surface area contributed by atoms with Crippen molar-refractivity contribution in [1.82, 2.24) is 10.9 Å². The summed E-state index contributed by atoms with van der Waals surface area (Å²) in [5, 5.41) is 1.06. The van der Waals surface area contributed by atoms with Gasteiger partial charge in [0.25, 0.3) is 11.8 Å². The van der Waals surface area contributed by atoms with Crippen molar-refractivity contribution in [2.45, 2.75) is 6.92 Å². The summed E-state index contributed by atoms with van der Waals surface area (Å²) < 4.78 is 1.06. The van der Waals surface area contributed by atoms with Crippen LogP contribution >= 0.6 is 11.3 Å². The molecule has 22 heavy (non-hydrogen) atoms. The second-order valence-corrected chi connectivity index (χ2v) is 5.88. The van der Waals surface area contributed by atoms with Gasteiger partial charge in [-0.1, -0.05) is 36.4 Å². The Bertz CT molecular complexity index is 840. The van der Waals surface area contributed by atoms with Crippen LogP contribution in [-0.2, 0) is 0 Å². The van der Waals surface area contributed by atoms with E-state index >= 15 is 0 Å². The van der Waals surface area contributed by atoms with E-state index in [1.807, 2.05) is 37.3 Å². The maximum absolute atomic E-state index is 12.3. The summed E-state index contributed by atoms with van der Waals surface area (Å²) in [5.74, 6) is -0.643. The van der Waals surface area contributed by atoms with Gasteiger partial charge in [0.05, 0.1) is 4.88 Å². The number of rotatable bonds is 2. The van der Waals surface area contributed by atoms with Gasteiger partial charge in [0.2, 0.25) is 0 Å². The van der Waals surface area contributed by atoms with Crippen molar-refractivity contribution in [2.75, 3.05) is 0 Å². The third kappa shape index (κ3) is 2.71. The largest absolute Gasteiger partial charge is 0.280 e. The van der Waals surface area contributed by atoms with E-state index in [1.54, 1.807) is 24.3 Å². The van der Waals surface area contributed by atoms with Crippen molar-refractivity contribution in [2.24, 2.45) is 0 Å². The Morgan fingerprint density at radius 2 is 1.50 bits per heavy atom. The maximum Gasteiger partial charge on any atom is 0.280 e. The minimum atomic E-state index is -0.340. The second kappa shape index (κ2) is 5.99. The normalized spacial score (nSPS) is 10.4. The summed E-state index contributed by atoms with van der Waals surface area (Å²) in [6.45, 7) is 1.91. The minimum Gasteiger partial charge on any atom is -0.267 e. The lowest BCUT2D eigenvalue weighted by Gasteiger charge is -2.06. The lowest BCUT2D eigenvalue weighted by Crippen LogP contribution is -2.41. The van der Waals surface area contributed by atoms with E-state index in [0.29, 0.717) is 10.4 Å². The zero-order valence-corrected chi connectivity index (χ0v) is 12.7. The molecule has 0 radical (unpaired) electrons. The Balaban J connectivity index is 1.74. The molecule has 1 aromatic heterocycles. The van der Waals surface area contributed by atoms with Crippen LogP contribution in [0.5, 0.6) is 0 Å².